The third-order valence-corrected chi connectivity index (χ3v) is 7.98. The zero-order valence-electron chi connectivity index (χ0n) is 19.9. The van der Waals surface area contributed by atoms with E-state index in [1.807, 2.05) is 24.3 Å². The van der Waals surface area contributed by atoms with Gasteiger partial charge in [-0.3, -0.25) is 9.59 Å². The molecule has 1 atom stereocenters. The highest BCUT2D eigenvalue weighted by Gasteiger charge is 2.48. The van der Waals surface area contributed by atoms with Gasteiger partial charge >= 0.3 is 12.1 Å². The number of amides is 2. The maximum Gasteiger partial charge on any atom is 0.407 e. The van der Waals surface area contributed by atoms with E-state index < -0.39 is 17.5 Å². The van der Waals surface area contributed by atoms with Crippen LogP contribution in [-0.2, 0) is 14.3 Å². The molecule has 0 bridgehead atoms. The van der Waals surface area contributed by atoms with Crippen LogP contribution in [0.2, 0.25) is 0 Å². The molecule has 5 rings (SSSR count). The van der Waals surface area contributed by atoms with Crippen LogP contribution in [0, 0.1) is 5.41 Å². The molecule has 35 heavy (non-hydrogen) atoms. The molecule has 184 valence electrons. The van der Waals surface area contributed by atoms with E-state index in [0.717, 1.165) is 30.4 Å². The number of aliphatic carboxylic acids is 1. The van der Waals surface area contributed by atoms with Crippen molar-refractivity contribution in [2.75, 3.05) is 19.7 Å². The van der Waals surface area contributed by atoms with E-state index in [4.69, 9.17) is 4.74 Å². The standard InChI is InChI=1S/C28H32N2O5/c31-25(32)16-19-8-5-6-15-30(19)26(33)28(13-7-14-28)18-29-27(34)35-17-24-22-11-3-1-9-20(22)21-10-2-4-12-23(21)24/h1-4,9-12,19,24H,5-8,13-18H2,(H,29,34)(H,31,32). The smallest absolute Gasteiger partial charge is 0.407 e. The number of rotatable bonds is 7. The summed E-state index contributed by atoms with van der Waals surface area (Å²) in [6.45, 7) is 1.04. The highest BCUT2D eigenvalue weighted by atomic mass is 16.5. The Bertz CT molecular complexity index is 1080. The van der Waals surface area contributed by atoms with Crippen molar-refractivity contribution in [2.45, 2.75) is 56.9 Å². The van der Waals surface area contributed by atoms with Crippen molar-refractivity contribution in [2.24, 2.45) is 5.41 Å². The van der Waals surface area contributed by atoms with Crippen LogP contribution in [0.5, 0.6) is 0 Å². The minimum Gasteiger partial charge on any atom is -0.481 e. The minimum atomic E-state index is -0.880. The van der Waals surface area contributed by atoms with Crippen LogP contribution in [0.3, 0.4) is 0 Å². The number of nitrogens with zero attached hydrogens (tertiary/aromatic N) is 1. The number of carboxylic acids is 1. The van der Waals surface area contributed by atoms with Gasteiger partial charge in [0.25, 0.3) is 0 Å². The first kappa shape index (κ1) is 23.4. The summed E-state index contributed by atoms with van der Waals surface area (Å²) in [7, 11) is 0. The van der Waals surface area contributed by atoms with E-state index in [2.05, 4.69) is 29.6 Å². The van der Waals surface area contributed by atoms with Crippen molar-refractivity contribution in [1.82, 2.24) is 10.2 Å². The fourth-order valence-corrected chi connectivity index (χ4v) is 5.95. The zero-order chi connectivity index (χ0) is 24.4. The molecule has 7 heteroatoms. The van der Waals surface area contributed by atoms with Gasteiger partial charge in [-0.2, -0.15) is 0 Å². The third kappa shape index (κ3) is 4.51. The van der Waals surface area contributed by atoms with E-state index in [9.17, 15) is 19.5 Å². The topological polar surface area (TPSA) is 95.9 Å². The molecule has 2 fully saturated rings. The first-order chi connectivity index (χ1) is 17.0. The van der Waals surface area contributed by atoms with Crippen molar-refractivity contribution in [3.63, 3.8) is 0 Å². The lowest BCUT2D eigenvalue weighted by atomic mass is 9.67. The van der Waals surface area contributed by atoms with Gasteiger partial charge in [-0.05, 0) is 54.4 Å². The number of hydrogen-bond acceptors (Lipinski definition) is 4. The van der Waals surface area contributed by atoms with Gasteiger partial charge in [-0.25, -0.2) is 4.79 Å². The Morgan fingerprint density at radius 2 is 1.63 bits per heavy atom. The minimum absolute atomic E-state index is 0.0161. The number of carboxylic acid groups (broad SMARTS) is 1. The second-order valence-corrected chi connectivity index (χ2v) is 10.1. The molecular weight excluding hydrogens is 444 g/mol. The summed E-state index contributed by atoms with van der Waals surface area (Å²) in [4.78, 5) is 39.2. The Morgan fingerprint density at radius 1 is 0.971 bits per heavy atom. The molecule has 0 radical (unpaired) electrons. The second-order valence-electron chi connectivity index (χ2n) is 10.1. The normalized spacial score (nSPS) is 20.3. The number of fused-ring (bicyclic) bond motifs is 3. The van der Waals surface area contributed by atoms with Gasteiger partial charge in [0.15, 0.2) is 0 Å². The summed E-state index contributed by atoms with van der Waals surface area (Å²) in [5.41, 5.74) is 4.00. The van der Waals surface area contributed by atoms with Crippen LogP contribution in [-0.4, -0.2) is 53.7 Å². The quantitative estimate of drug-likeness (QED) is 0.611. The molecular formula is C28H32N2O5. The number of piperidine rings is 1. The van der Waals surface area contributed by atoms with Gasteiger partial charge < -0.3 is 20.1 Å². The van der Waals surface area contributed by atoms with Crippen LogP contribution in [0.4, 0.5) is 4.79 Å². The average molecular weight is 477 g/mol. The van der Waals surface area contributed by atoms with Crippen molar-refractivity contribution >= 4 is 18.0 Å². The third-order valence-electron chi connectivity index (χ3n) is 7.98. The van der Waals surface area contributed by atoms with E-state index >= 15 is 0 Å². The Labute approximate surface area is 205 Å². The number of benzene rings is 2. The molecule has 0 spiro atoms. The van der Waals surface area contributed by atoms with Gasteiger partial charge in [0.1, 0.15) is 6.61 Å². The van der Waals surface area contributed by atoms with E-state index in [1.165, 1.54) is 11.1 Å². The van der Waals surface area contributed by atoms with Crippen LogP contribution in [0.15, 0.2) is 48.5 Å². The maximum atomic E-state index is 13.5. The highest BCUT2D eigenvalue weighted by Crippen LogP contribution is 2.45. The average Bonchev–Trinajstić information content (AvgIpc) is 3.15. The number of carbonyl (C=O) groups is 3. The zero-order valence-corrected chi connectivity index (χ0v) is 19.9. The Hall–Kier alpha value is -3.35. The Balaban J connectivity index is 1.21. The van der Waals surface area contributed by atoms with Crippen molar-refractivity contribution in [3.05, 3.63) is 59.7 Å². The van der Waals surface area contributed by atoms with Gasteiger partial charge in [0.05, 0.1) is 11.8 Å². The molecule has 2 N–H and O–H groups in total. The second kappa shape index (κ2) is 9.72. The van der Waals surface area contributed by atoms with Gasteiger partial charge in [0, 0.05) is 25.0 Å². The van der Waals surface area contributed by atoms with Gasteiger partial charge in [-0.15, -0.1) is 0 Å². The molecule has 2 aromatic rings. The van der Waals surface area contributed by atoms with E-state index in [1.54, 1.807) is 4.90 Å². The van der Waals surface area contributed by atoms with Crippen molar-refractivity contribution in [3.8, 4) is 11.1 Å². The van der Waals surface area contributed by atoms with Crippen LogP contribution < -0.4 is 5.32 Å². The van der Waals surface area contributed by atoms with E-state index in [-0.39, 0.29) is 37.4 Å². The molecule has 1 saturated carbocycles. The molecule has 7 nitrogen and oxygen atoms in total. The lowest BCUT2D eigenvalue weighted by molar-refractivity contribution is -0.152. The van der Waals surface area contributed by atoms with Gasteiger partial charge in [-0.1, -0.05) is 55.0 Å². The van der Waals surface area contributed by atoms with E-state index in [0.29, 0.717) is 25.8 Å². The summed E-state index contributed by atoms with van der Waals surface area (Å²) in [5, 5.41) is 12.1. The maximum absolute atomic E-state index is 13.5. The monoisotopic (exact) mass is 476 g/mol. The van der Waals surface area contributed by atoms with Crippen molar-refractivity contribution < 1.29 is 24.2 Å². The van der Waals surface area contributed by atoms with Crippen LogP contribution in [0.25, 0.3) is 11.1 Å². The number of ether oxygens (including phenoxy) is 1. The van der Waals surface area contributed by atoms with Gasteiger partial charge in [0.2, 0.25) is 5.91 Å². The Morgan fingerprint density at radius 3 is 2.23 bits per heavy atom. The molecule has 3 aliphatic rings. The molecule has 1 heterocycles. The predicted octanol–water partition coefficient (Wildman–Crippen LogP) is 4.55. The summed E-state index contributed by atoms with van der Waals surface area (Å²) in [6.07, 6.45) is 4.32. The Kier molecular flexibility index (Phi) is 6.50. The molecule has 1 saturated heterocycles. The summed E-state index contributed by atoms with van der Waals surface area (Å²) in [5.74, 6) is -0.916. The molecule has 2 aromatic carbocycles. The van der Waals surface area contributed by atoms with Crippen LogP contribution in [0.1, 0.15) is 62.0 Å². The lowest BCUT2D eigenvalue weighted by Gasteiger charge is -2.46. The highest BCUT2D eigenvalue weighted by molar-refractivity contribution is 5.85. The predicted molar refractivity (Wildman–Crippen MR) is 131 cm³/mol. The summed E-state index contributed by atoms with van der Waals surface area (Å²) < 4.78 is 5.65. The molecule has 1 aliphatic heterocycles. The molecule has 0 aromatic heterocycles. The van der Waals surface area contributed by atoms with Crippen molar-refractivity contribution in [1.29, 1.82) is 0 Å². The largest absolute Gasteiger partial charge is 0.481 e. The number of carbonyl (C=O) groups excluding carboxylic acids is 2. The first-order valence-corrected chi connectivity index (χ1v) is 12.6. The fraction of sp³-hybridized carbons (Fsp3) is 0.464. The number of nitrogens with one attached hydrogen (secondary N) is 1. The fourth-order valence-electron chi connectivity index (χ4n) is 5.95. The van der Waals surface area contributed by atoms with Crippen LogP contribution >= 0.6 is 0 Å². The molecule has 2 amide bonds. The number of hydrogen-bond donors (Lipinski definition) is 2. The lowest BCUT2D eigenvalue weighted by Crippen LogP contribution is -2.57. The summed E-state index contributed by atoms with van der Waals surface area (Å²) in [6, 6.07) is 16.1. The first-order valence-electron chi connectivity index (χ1n) is 12.6. The summed E-state index contributed by atoms with van der Waals surface area (Å²) >= 11 is 0. The molecule has 1 unspecified atom stereocenters. The molecule has 2 aliphatic carbocycles. The SMILES string of the molecule is O=C(O)CC1CCCCN1C(=O)C1(CNC(=O)OCC2c3ccccc3-c3ccccc32)CCC1. The number of alkyl carbamates (subject to hydrolysis) is 1. The number of likely N-dealkylation sites (tertiary alicyclic amines) is 1.